The van der Waals surface area contributed by atoms with E-state index < -0.39 is 10.8 Å². The van der Waals surface area contributed by atoms with Crippen molar-refractivity contribution < 1.29 is 4.21 Å². The lowest BCUT2D eigenvalue weighted by Gasteiger charge is -2.12. The highest BCUT2D eigenvalue weighted by molar-refractivity contribution is 7.84. The smallest absolute Gasteiger partial charge is 0.136 e. The zero-order chi connectivity index (χ0) is 13.8. The van der Waals surface area contributed by atoms with Crippen LogP contribution in [-0.2, 0) is 23.6 Å². The van der Waals surface area contributed by atoms with Crippen LogP contribution in [0.1, 0.15) is 29.7 Å². The number of aromatic nitrogens is 1. The maximum absolute atomic E-state index is 11.0. The van der Waals surface area contributed by atoms with Gasteiger partial charge < -0.3 is 11.1 Å². The summed E-state index contributed by atoms with van der Waals surface area (Å²) in [6.07, 6.45) is 5.80. The summed E-state index contributed by atoms with van der Waals surface area (Å²) in [5.41, 5.74) is 9.01. The Morgan fingerprint density at radius 3 is 3.05 bits per heavy atom. The Bertz CT molecular complexity index is 517. The number of aryl methyl sites for hydroxylation is 2. The fraction of sp³-hybridized carbons (Fsp3) is 0.538. The molecule has 6 heteroatoms. The van der Waals surface area contributed by atoms with E-state index in [0.717, 1.165) is 49.3 Å². The minimum Gasteiger partial charge on any atom is -0.389 e. The van der Waals surface area contributed by atoms with E-state index in [2.05, 4.69) is 16.4 Å². The SMILES string of the molecule is CS(=O)CCCNc1nc2c(cc1C(N)=S)CCC2. The number of nitrogens with one attached hydrogen (secondary N) is 1. The van der Waals surface area contributed by atoms with Gasteiger partial charge in [-0.1, -0.05) is 12.2 Å². The monoisotopic (exact) mass is 297 g/mol. The van der Waals surface area contributed by atoms with E-state index in [4.69, 9.17) is 18.0 Å². The third-order valence-electron chi connectivity index (χ3n) is 3.22. The van der Waals surface area contributed by atoms with Crippen LogP contribution in [0.2, 0.25) is 0 Å². The lowest BCUT2D eigenvalue weighted by Crippen LogP contribution is -2.17. The first-order valence-corrected chi connectivity index (χ1v) is 8.58. The fourth-order valence-corrected chi connectivity index (χ4v) is 2.98. The molecule has 19 heavy (non-hydrogen) atoms. The highest BCUT2D eigenvalue weighted by Gasteiger charge is 2.17. The van der Waals surface area contributed by atoms with Crippen LogP contribution in [0.4, 0.5) is 5.82 Å². The highest BCUT2D eigenvalue weighted by atomic mass is 32.2. The van der Waals surface area contributed by atoms with Gasteiger partial charge in [0.2, 0.25) is 0 Å². The zero-order valence-electron chi connectivity index (χ0n) is 11.1. The van der Waals surface area contributed by atoms with Gasteiger partial charge in [0.05, 0.1) is 5.56 Å². The summed E-state index contributed by atoms with van der Waals surface area (Å²) >= 11 is 5.09. The molecule has 4 nitrogen and oxygen atoms in total. The van der Waals surface area contributed by atoms with E-state index >= 15 is 0 Å². The second-order valence-electron chi connectivity index (χ2n) is 4.77. The number of anilines is 1. The number of hydrogen-bond acceptors (Lipinski definition) is 4. The van der Waals surface area contributed by atoms with Gasteiger partial charge in [-0.3, -0.25) is 4.21 Å². The Kier molecular flexibility index (Phi) is 4.87. The van der Waals surface area contributed by atoms with Gasteiger partial charge in [-0.2, -0.15) is 0 Å². The third kappa shape index (κ3) is 3.73. The minimum atomic E-state index is -0.748. The molecule has 104 valence electrons. The van der Waals surface area contributed by atoms with Crippen LogP contribution in [0.3, 0.4) is 0 Å². The number of nitrogens with two attached hydrogens (primary N) is 1. The van der Waals surface area contributed by atoms with Crippen LogP contribution in [0.25, 0.3) is 0 Å². The first kappa shape index (κ1) is 14.4. The van der Waals surface area contributed by atoms with Crippen molar-refractivity contribution in [2.75, 3.05) is 23.9 Å². The van der Waals surface area contributed by atoms with E-state index in [0.29, 0.717) is 10.7 Å². The van der Waals surface area contributed by atoms with Crippen molar-refractivity contribution >= 4 is 33.8 Å². The molecule has 0 radical (unpaired) electrons. The number of hydrogen-bond donors (Lipinski definition) is 2. The molecule has 1 atom stereocenters. The predicted octanol–water partition coefficient (Wildman–Crippen LogP) is 1.39. The molecule has 0 spiro atoms. The molecule has 0 bridgehead atoms. The van der Waals surface area contributed by atoms with Crippen molar-refractivity contribution in [2.24, 2.45) is 5.73 Å². The number of fused-ring (bicyclic) bond motifs is 1. The molecule has 0 saturated heterocycles. The van der Waals surface area contributed by atoms with Crippen molar-refractivity contribution in [1.82, 2.24) is 4.98 Å². The maximum atomic E-state index is 11.0. The lowest BCUT2D eigenvalue weighted by molar-refractivity contribution is 0.685. The molecule has 0 amide bonds. The summed E-state index contributed by atoms with van der Waals surface area (Å²) in [5.74, 6) is 1.47. The second-order valence-corrected chi connectivity index (χ2v) is 6.76. The Morgan fingerprint density at radius 1 is 1.58 bits per heavy atom. The summed E-state index contributed by atoms with van der Waals surface area (Å²) in [4.78, 5) is 5.02. The van der Waals surface area contributed by atoms with Crippen LogP contribution in [0.5, 0.6) is 0 Å². The van der Waals surface area contributed by atoms with E-state index in [9.17, 15) is 4.21 Å². The molecule has 1 unspecified atom stereocenters. The molecule has 1 aliphatic carbocycles. The number of rotatable bonds is 6. The molecular formula is C13H19N3OS2. The summed E-state index contributed by atoms with van der Waals surface area (Å²) < 4.78 is 11.0. The van der Waals surface area contributed by atoms with Gasteiger partial charge >= 0.3 is 0 Å². The Hall–Kier alpha value is -1.01. The molecule has 1 aromatic rings. The van der Waals surface area contributed by atoms with Gasteiger partial charge in [-0.05, 0) is 37.3 Å². The van der Waals surface area contributed by atoms with Gasteiger partial charge in [0.25, 0.3) is 0 Å². The van der Waals surface area contributed by atoms with Gasteiger partial charge in [-0.25, -0.2) is 4.98 Å². The van der Waals surface area contributed by atoms with E-state index in [1.165, 1.54) is 5.56 Å². The summed E-state index contributed by atoms with van der Waals surface area (Å²) in [6.45, 7) is 0.737. The summed E-state index contributed by atoms with van der Waals surface area (Å²) in [5, 5.41) is 3.27. The second kappa shape index (κ2) is 6.43. The predicted molar refractivity (Wildman–Crippen MR) is 84.2 cm³/mol. The van der Waals surface area contributed by atoms with Gasteiger partial charge in [0.15, 0.2) is 0 Å². The van der Waals surface area contributed by atoms with E-state index in [-0.39, 0.29) is 0 Å². The third-order valence-corrected chi connectivity index (χ3v) is 4.30. The van der Waals surface area contributed by atoms with Crippen molar-refractivity contribution in [3.05, 3.63) is 22.9 Å². The maximum Gasteiger partial charge on any atom is 0.136 e. The molecule has 1 aliphatic rings. The number of thiocarbonyl (C=S) groups is 1. The molecule has 0 saturated carbocycles. The summed E-state index contributed by atoms with van der Waals surface area (Å²) in [7, 11) is -0.748. The minimum absolute atomic E-state index is 0.378. The van der Waals surface area contributed by atoms with Gasteiger partial charge in [-0.15, -0.1) is 0 Å². The van der Waals surface area contributed by atoms with Gasteiger partial charge in [0.1, 0.15) is 10.8 Å². The van der Waals surface area contributed by atoms with Crippen LogP contribution >= 0.6 is 12.2 Å². The zero-order valence-corrected chi connectivity index (χ0v) is 12.7. The topological polar surface area (TPSA) is 68.0 Å². The van der Waals surface area contributed by atoms with Crippen LogP contribution in [-0.4, -0.2) is 32.7 Å². The van der Waals surface area contributed by atoms with E-state index in [1.807, 2.05) is 0 Å². The van der Waals surface area contributed by atoms with Crippen molar-refractivity contribution in [1.29, 1.82) is 0 Å². The fourth-order valence-electron chi connectivity index (χ4n) is 2.28. The molecule has 3 N–H and O–H groups in total. The van der Waals surface area contributed by atoms with Crippen LogP contribution < -0.4 is 11.1 Å². The molecular weight excluding hydrogens is 278 g/mol. The molecule has 0 fully saturated rings. The standard InChI is InChI=1S/C13H19N3OS2/c1-19(17)7-3-6-15-13-10(12(14)18)8-9-4-2-5-11(9)16-13/h8H,2-7H2,1H3,(H2,14,18)(H,15,16). The largest absolute Gasteiger partial charge is 0.389 e. The van der Waals surface area contributed by atoms with Crippen molar-refractivity contribution in [3.63, 3.8) is 0 Å². The Morgan fingerprint density at radius 2 is 2.37 bits per heavy atom. The quantitative estimate of drug-likeness (QED) is 0.613. The normalized spacial score (nSPS) is 15.0. The Labute approximate surface area is 121 Å². The lowest BCUT2D eigenvalue weighted by atomic mass is 10.1. The van der Waals surface area contributed by atoms with Crippen LogP contribution in [0.15, 0.2) is 6.07 Å². The molecule has 1 aromatic heterocycles. The summed E-state index contributed by atoms with van der Waals surface area (Å²) in [6, 6.07) is 2.07. The highest BCUT2D eigenvalue weighted by Crippen LogP contribution is 2.25. The first-order valence-electron chi connectivity index (χ1n) is 6.44. The Balaban J connectivity index is 2.10. The number of nitrogens with zero attached hydrogens (tertiary/aromatic N) is 1. The van der Waals surface area contributed by atoms with Crippen LogP contribution in [0, 0.1) is 0 Å². The molecule has 2 rings (SSSR count). The van der Waals surface area contributed by atoms with Crippen molar-refractivity contribution in [3.8, 4) is 0 Å². The first-order chi connectivity index (χ1) is 9.08. The van der Waals surface area contributed by atoms with Gasteiger partial charge in [0, 0.05) is 35.0 Å². The average molecular weight is 297 g/mol. The molecule has 1 heterocycles. The van der Waals surface area contributed by atoms with Crippen molar-refractivity contribution in [2.45, 2.75) is 25.7 Å². The average Bonchev–Trinajstić information content (AvgIpc) is 2.80. The molecule has 0 aliphatic heterocycles. The number of pyridine rings is 1. The van der Waals surface area contributed by atoms with E-state index in [1.54, 1.807) is 6.26 Å². The molecule has 0 aromatic carbocycles.